The molecule has 1 unspecified atom stereocenters. The molecule has 1 aliphatic heterocycles. The first-order valence-electron chi connectivity index (χ1n) is 8.33. The molecule has 5 heteroatoms. The molecule has 3 atom stereocenters. The van der Waals surface area contributed by atoms with Crippen molar-refractivity contribution >= 4 is 17.4 Å². The van der Waals surface area contributed by atoms with Crippen LogP contribution in [0.4, 0.5) is 0 Å². The third kappa shape index (κ3) is 3.23. The van der Waals surface area contributed by atoms with Crippen LogP contribution in [0.15, 0.2) is 22.7 Å². The molecule has 135 valence electrons. The van der Waals surface area contributed by atoms with Crippen LogP contribution < -0.4 is 5.11 Å². The van der Waals surface area contributed by atoms with Crippen molar-refractivity contribution in [2.45, 2.75) is 73.0 Å². The monoisotopic (exact) mass is 354 g/mol. The van der Waals surface area contributed by atoms with Crippen molar-refractivity contribution in [3.63, 3.8) is 0 Å². The van der Waals surface area contributed by atoms with Crippen LogP contribution in [0.2, 0.25) is 0 Å². The molecule has 1 radical (unpaired) electrons. The van der Waals surface area contributed by atoms with E-state index in [4.69, 9.17) is 21.1 Å². The van der Waals surface area contributed by atoms with E-state index in [1.165, 1.54) is 0 Å². The summed E-state index contributed by atoms with van der Waals surface area (Å²) in [5.74, 6) is 0.238. The number of hydrogen-bond donors (Lipinski definition) is 0. The van der Waals surface area contributed by atoms with Gasteiger partial charge in [0, 0.05) is 5.57 Å². The van der Waals surface area contributed by atoms with Crippen molar-refractivity contribution in [1.82, 2.24) is 0 Å². The first kappa shape index (κ1) is 19.3. The highest BCUT2D eigenvalue weighted by atomic mass is 35.5. The van der Waals surface area contributed by atoms with Gasteiger partial charge in [-0.25, -0.2) is 0 Å². The number of ether oxygens (including phenoxy) is 2. The molecule has 0 saturated carbocycles. The van der Waals surface area contributed by atoms with E-state index in [0.717, 1.165) is 0 Å². The molecule has 1 saturated heterocycles. The second kappa shape index (κ2) is 6.06. The van der Waals surface area contributed by atoms with Crippen LogP contribution in [-0.2, 0) is 14.3 Å². The van der Waals surface area contributed by atoms with Gasteiger partial charge in [0.1, 0.15) is 17.6 Å². The summed E-state index contributed by atoms with van der Waals surface area (Å²) in [4.78, 5) is 12.9. The van der Waals surface area contributed by atoms with Gasteiger partial charge in [0.25, 0.3) is 0 Å². The Morgan fingerprint density at radius 1 is 0.875 bits per heavy atom. The van der Waals surface area contributed by atoms with Crippen LogP contribution in [-0.4, -0.2) is 23.4 Å². The Bertz CT molecular complexity index is 604. The third-order valence-electron chi connectivity index (χ3n) is 4.33. The fourth-order valence-electron chi connectivity index (χ4n) is 3.13. The predicted octanol–water partition coefficient (Wildman–Crippen LogP) is 3.49. The number of halogens is 1. The molecule has 1 aliphatic carbocycles. The van der Waals surface area contributed by atoms with E-state index in [9.17, 15) is 9.90 Å². The number of carbonyl (C=O) groups is 1. The second-order valence-electron chi connectivity index (χ2n) is 8.66. The highest BCUT2D eigenvalue weighted by Gasteiger charge is 2.45. The van der Waals surface area contributed by atoms with Gasteiger partial charge in [0.15, 0.2) is 17.3 Å². The summed E-state index contributed by atoms with van der Waals surface area (Å²) in [7, 11) is 0. The van der Waals surface area contributed by atoms with Crippen LogP contribution in [0.5, 0.6) is 0 Å². The summed E-state index contributed by atoms with van der Waals surface area (Å²) < 4.78 is 12.1. The Labute approximate surface area is 149 Å². The van der Waals surface area contributed by atoms with E-state index in [-0.39, 0.29) is 17.6 Å². The standard InChI is InChI=1S/C19H27ClO4/c1-9-13(20)10(2)24-17-12(19(6,7)8)15(22)14(21)11(16(17)23-9)18(3,4)5/h9-10,13H,1-8H3/q-1/t9-,10-/m1/s1. The molecular formula is C19H27ClO4-. The van der Waals surface area contributed by atoms with E-state index >= 15 is 0 Å². The van der Waals surface area contributed by atoms with Gasteiger partial charge in [-0.15, -0.1) is 11.6 Å². The number of hydrogen-bond acceptors (Lipinski definition) is 4. The van der Waals surface area contributed by atoms with E-state index in [1.54, 1.807) is 0 Å². The molecule has 24 heavy (non-hydrogen) atoms. The Hall–Kier alpha value is -1.00. The maximum atomic E-state index is 12.9. The molecular weight excluding hydrogens is 328 g/mol. The summed E-state index contributed by atoms with van der Waals surface area (Å²) >= 11 is 6.42. The van der Waals surface area contributed by atoms with Crippen molar-refractivity contribution < 1.29 is 19.4 Å². The van der Waals surface area contributed by atoms with E-state index in [1.807, 2.05) is 55.4 Å². The van der Waals surface area contributed by atoms with Crippen LogP contribution in [0.1, 0.15) is 55.4 Å². The van der Waals surface area contributed by atoms with Gasteiger partial charge in [0.05, 0.1) is 0 Å². The number of rotatable bonds is 0. The lowest BCUT2D eigenvalue weighted by atomic mass is 9.71. The minimum Gasteiger partial charge on any atom is -0.840 e. The van der Waals surface area contributed by atoms with Gasteiger partial charge < -0.3 is 14.6 Å². The molecule has 0 aromatic rings. The highest BCUT2D eigenvalue weighted by molar-refractivity contribution is 6.21. The summed E-state index contributed by atoms with van der Waals surface area (Å²) in [5, 5.41) is 12.5. The van der Waals surface area contributed by atoms with Crippen molar-refractivity contribution in [3.8, 4) is 0 Å². The van der Waals surface area contributed by atoms with Gasteiger partial charge in [-0.2, -0.15) is 0 Å². The van der Waals surface area contributed by atoms with Gasteiger partial charge in [0.2, 0.25) is 0 Å². The molecule has 0 aromatic heterocycles. The molecule has 2 aliphatic rings. The average molecular weight is 355 g/mol. The SMILES string of the molecule is C[C@H]1OC2=C(C(C)(C)C)[C]([O-])C(=O)C(C(C)(C)C)=C2O[C@H](C)C1Cl. The molecule has 0 aromatic carbocycles. The van der Waals surface area contributed by atoms with Crippen molar-refractivity contribution in [2.75, 3.05) is 0 Å². The molecule has 0 N–H and O–H groups in total. The molecule has 0 spiro atoms. The van der Waals surface area contributed by atoms with Crippen LogP contribution in [0, 0.1) is 16.9 Å². The van der Waals surface area contributed by atoms with E-state index in [0.29, 0.717) is 22.7 Å². The van der Waals surface area contributed by atoms with Gasteiger partial charge >= 0.3 is 0 Å². The summed E-state index contributed by atoms with van der Waals surface area (Å²) in [6.07, 6.45) is -1.19. The Kier molecular flexibility index (Phi) is 4.88. The number of ketones is 1. The quantitative estimate of drug-likeness (QED) is 0.625. The lowest BCUT2D eigenvalue weighted by Gasteiger charge is -2.42. The average Bonchev–Trinajstić information content (AvgIpc) is 2.48. The molecule has 1 fully saturated rings. The topological polar surface area (TPSA) is 58.6 Å². The Morgan fingerprint density at radius 3 is 1.62 bits per heavy atom. The van der Waals surface area contributed by atoms with E-state index in [2.05, 4.69) is 0 Å². The summed E-state index contributed by atoms with van der Waals surface area (Å²) in [6, 6.07) is 0. The van der Waals surface area contributed by atoms with E-state index < -0.39 is 22.7 Å². The first-order chi connectivity index (χ1) is 10.8. The fourth-order valence-corrected chi connectivity index (χ4v) is 3.23. The van der Waals surface area contributed by atoms with Crippen LogP contribution in [0.25, 0.3) is 0 Å². The molecule has 2 rings (SSSR count). The number of Topliss-reactive ketones (excluding diaryl/α,β-unsaturated/α-hetero) is 1. The number of carbonyl (C=O) groups excluding carboxylic acids is 1. The summed E-state index contributed by atoms with van der Waals surface area (Å²) in [5.41, 5.74) is -0.370. The van der Waals surface area contributed by atoms with Crippen molar-refractivity contribution in [2.24, 2.45) is 10.8 Å². The Balaban J connectivity index is 2.82. The zero-order valence-electron chi connectivity index (χ0n) is 15.7. The fraction of sp³-hybridized carbons (Fsp3) is 0.684. The molecule has 0 bridgehead atoms. The maximum absolute atomic E-state index is 12.9. The predicted molar refractivity (Wildman–Crippen MR) is 91.9 cm³/mol. The molecule has 4 nitrogen and oxygen atoms in total. The summed E-state index contributed by atoms with van der Waals surface area (Å²) in [6.45, 7) is 15.0. The highest BCUT2D eigenvalue weighted by Crippen LogP contribution is 2.48. The first-order valence-corrected chi connectivity index (χ1v) is 8.76. The molecule has 1 heterocycles. The number of alkyl halides is 1. The minimum absolute atomic E-state index is 0.339. The molecule has 0 amide bonds. The normalized spacial score (nSPS) is 29.9. The van der Waals surface area contributed by atoms with Gasteiger partial charge in [-0.1, -0.05) is 41.5 Å². The van der Waals surface area contributed by atoms with Crippen molar-refractivity contribution in [3.05, 3.63) is 28.8 Å². The largest absolute Gasteiger partial charge is 0.840 e. The minimum atomic E-state index is -0.546. The maximum Gasteiger partial charge on any atom is 0.168 e. The Morgan fingerprint density at radius 2 is 1.25 bits per heavy atom. The smallest absolute Gasteiger partial charge is 0.168 e. The van der Waals surface area contributed by atoms with Gasteiger partial charge in [-0.05, 0) is 36.4 Å². The lowest BCUT2D eigenvalue weighted by molar-refractivity contribution is -0.337. The van der Waals surface area contributed by atoms with Crippen molar-refractivity contribution in [1.29, 1.82) is 0 Å². The van der Waals surface area contributed by atoms with Crippen LogP contribution >= 0.6 is 11.6 Å². The zero-order valence-corrected chi connectivity index (χ0v) is 16.5. The second-order valence-corrected chi connectivity index (χ2v) is 9.16. The number of fused-ring (bicyclic) bond motifs is 1. The third-order valence-corrected chi connectivity index (χ3v) is 5.03. The van der Waals surface area contributed by atoms with Crippen LogP contribution in [0.3, 0.4) is 0 Å². The lowest BCUT2D eigenvalue weighted by Crippen LogP contribution is -2.41. The zero-order chi connectivity index (χ0) is 18.6. The van der Waals surface area contributed by atoms with Gasteiger partial charge in [-0.3, -0.25) is 4.79 Å².